The van der Waals surface area contributed by atoms with Gasteiger partial charge in [0.2, 0.25) is 0 Å². The highest BCUT2D eigenvalue weighted by molar-refractivity contribution is 7.86. The van der Waals surface area contributed by atoms with Gasteiger partial charge in [-0.3, -0.25) is 4.55 Å². The zero-order valence-electron chi connectivity index (χ0n) is 13.3. The van der Waals surface area contributed by atoms with Crippen LogP contribution in [0, 0.1) is 0 Å². The second-order valence-electron chi connectivity index (χ2n) is 5.83. The number of fused-ring (bicyclic) bond motifs is 1. The number of benzene rings is 2. The van der Waals surface area contributed by atoms with Crippen molar-refractivity contribution < 1.29 is 13.0 Å². The smallest absolute Gasteiger partial charge is 0.282 e. The molecular formula is C18H24O3S. The van der Waals surface area contributed by atoms with Gasteiger partial charge in [0.05, 0.1) is 0 Å². The third-order valence-corrected chi connectivity index (χ3v) is 4.85. The fourth-order valence-electron chi connectivity index (χ4n) is 2.71. The summed E-state index contributed by atoms with van der Waals surface area (Å²) >= 11 is 0. The van der Waals surface area contributed by atoms with Crippen molar-refractivity contribution >= 4 is 20.9 Å². The SMILES string of the molecule is CCCCc1cc(S(=O)(=O)O)c2cc(CCCC)ccc2c1. The normalized spacial score (nSPS) is 12.0. The average molecular weight is 320 g/mol. The molecule has 22 heavy (non-hydrogen) atoms. The lowest BCUT2D eigenvalue weighted by molar-refractivity contribution is 0.484. The van der Waals surface area contributed by atoms with Crippen molar-refractivity contribution in [3.8, 4) is 0 Å². The van der Waals surface area contributed by atoms with E-state index in [0.29, 0.717) is 5.39 Å². The van der Waals surface area contributed by atoms with Gasteiger partial charge in [-0.05, 0) is 54.3 Å². The standard InChI is InChI=1S/C18H24O3S/c1-3-5-7-14-9-10-16-11-15(8-6-4-2)13-18(17(16)12-14)22(19,20)21/h9-13H,3-8H2,1-2H3,(H,19,20,21). The van der Waals surface area contributed by atoms with Crippen LogP contribution >= 0.6 is 0 Å². The molecule has 0 aliphatic heterocycles. The first kappa shape index (κ1) is 17.0. The van der Waals surface area contributed by atoms with Crippen LogP contribution in [0.3, 0.4) is 0 Å². The van der Waals surface area contributed by atoms with Crippen molar-refractivity contribution in [2.24, 2.45) is 0 Å². The highest BCUT2D eigenvalue weighted by Crippen LogP contribution is 2.27. The molecule has 0 aliphatic rings. The Morgan fingerprint density at radius 2 is 1.55 bits per heavy atom. The monoisotopic (exact) mass is 320 g/mol. The van der Waals surface area contributed by atoms with Crippen LogP contribution < -0.4 is 0 Å². The Bertz CT molecular complexity index is 748. The first-order valence-corrected chi connectivity index (χ1v) is 9.42. The van der Waals surface area contributed by atoms with Crippen molar-refractivity contribution in [2.75, 3.05) is 0 Å². The summed E-state index contributed by atoms with van der Waals surface area (Å²) in [4.78, 5) is 0.0365. The minimum absolute atomic E-state index is 0.0365. The van der Waals surface area contributed by atoms with Crippen LogP contribution in [0.4, 0.5) is 0 Å². The highest BCUT2D eigenvalue weighted by atomic mass is 32.2. The van der Waals surface area contributed by atoms with E-state index in [-0.39, 0.29) is 4.90 Å². The van der Waals surface area contributed by atoms with Gasteiger partial charge < -0.3 is 0 Å². The number of hydrogen-bond acceptors (Lipinski definition) is 2. The maximum Gasteiger partial charge on any atom is 0.295 e. The molecular weight excluding hydrogens is 296 g/mol. The van der Waals surface area contributed by atoms with Crippen LogP contribution in [0.15, 0.2) is 35.2 Å². The maximum atomic E-state index is 11.8. The molecule has 1 N–H and O–H groups in total. The molecule has 0 atom stereocenters. The van der Waals surface area contributed by atoms with E-state index in [9.17, 15) is 13.0 Å². The molecule has 0 saturated heterocycles. The zero-order chi connectivity index (χ0) is 16.2. The van der Waals surface area contributed by atoms with Gasteiger partial charge in [0.15, 0.2) is 0 Å². The summed E-state index contributed by atoms with van der Waals surface area (Å²) in [6.07, 6.45) is 5.97. The van der Waals surface area contributed by atoms with Gasteiger partial charge in [0.25, 0.3) is 10.1 Å². The summed E-state index contributed by atoms with van der Waals surface area (Å²) in [5.74, 6) is 0. The number of rotatable bonds is 7. The largest absolute Gasteiger partial charge is 0.295 e. The van der Waals surface area contributed by atoms with E-state index in [4.69, 9.17) is 0 Å². The van der Waals surface area contributed by atoms with E-state index < -0.39 is 10.1 Å². The predicted octanol–water partition coefficient (Wildman–Crippen LogP) is 4.77. The van der Waals surface area contributed by atoms with Crippen molar-refractivity contribution in [1.29, 1.82) is 0 Å². The molecule has 4 heteroatoms. The molecule has 0 radical (unpaired) electrons. The molecule has 2 rings (SSSR count). The summed E-state index contributed by atoms with van der Waals surface area (Å²) in [5, 5.41) is 1.50. The lowest BCUT2D eigenvalue weighted by atomic mass is 9.99. The molecule has 120 valence electrons. The van der Waals surface area contributed by atoms with Crippen molar-refractivity contribution in [2.45, 2.75) is 57.3 Å². The lowest BCUT2D eigenvalue weighted by Crippen LogP contribution is -2.01. The Morgan fingerprint density at radius 1 is 0.909 bits per heavy atom. The van der Waals surface area contributed by atoms with Gasteiger partial charge >= 0.3 is 0 Å². The summed E-state index contributed by atoms with van der Waals surface area (Å²) in [6, 6.07) is 9.57. The number of hydrogen-bond donors (Lipinski definition) is 1. The summed E-state index contributed by atoms with van der Waals surface area (Å²) in [7, 11) is -4.21. The third kappa shape index (κ3) is 4.08. The first-order chi connectivity index (χ1) is 10.5. The van der Waals surface area contributed by atoms with E-state index >= 15 is 0 Å². The molecule has 0 aromatic heterocycles. The Balaban J connectivity index is 2.56. The number of unbranched alkanes of at least 4 members (excludes halogenated alkanes) is 2. The van der Waals surface area contributed by atoms with Crippen molar-refractivity contribution in [3.63, 3.8) is 0 Å². The third-order valence-electron chi connectivity index (χ3n) is 3.96. The lowest BCUT2D eigenvalue weighted by Gasteiger charge is -2.10. The van der Waals surface area contributed by atoms with Crippen LogP contribution in [-0.4, -0.2) is 13.0 Å². The fourth-order valence-corrected chi connectivity index (χ4v) is 3.46. The molecule has 0 amide bonds. The van der Waals surface area contributed by atoms with Crippen LogP contribution in [0.1, 0.15) is 50.7 Å². The predicted molar refractivity (Wildman–Crippen MR) is 91.0 cm³/mol. The topological polar surface area (TPSA) is 54.4 Å². The van der Waals surface area contributed by atoms with Crippen LogP contribution in [-0.2, 0) is 23.0 Å². The maximum absolute atomic E-state index is 11.8. The molecule has 0 heterocycles. The Labute approximate surface area is 133 Å². The second-order valence-corrected chi connectivity index (χ2v) is 7.22. The van der Waals surface area contributed by atoms with E-state index in [1.54, 1.807) is 6.07 Å². The van der Waals surface area contributed by atoms with Gasteiger partial charge in [-0.1, -0.05) is 44.9 Å². The summed E-state index contributed by atoms with van der Waals surface area (Å²) < 4.78 is 33.1. The van der Waals surface area contributed by atoms with Crippen LogP contribution in [0.5, 0.6) is 0 Å². The van der Waals surface area contributed by atoms with Gasteiger partial charge in [-0.25, -0.2) is 0 Å². The first-order valence-electron chi connectivity index (χ1n) is 7.98. The summed E-state index contributed by atoms with van der Waals surface area (Å²) in [5.41, 5.74) is 2.07. The molecule has 0 saturated carbocycles. The average Bonchev–Trinajstić information content (AvgIpc) is 2.49. The Morgan fingerprint density at radius 3 is 2.14 bits per heavy atom. The quantitative estimate of drug-likeness (QED) is 0.747. The molecule has 2 aromatic rings. The molecule has 0 unspecified atom stereocenters. The van der Waals surface area contributed by atoms with E-state index in [2.05, 4.69) is 19.9 Å². The molecule has 0 fully saturated rings. The van der Waals surface area contributed by atoms with Crippen molar-refractivity contribution in [3.05, 3.63) is 41.5 Å². The highest BCUT2D eigenvalue weighted by Gasteiger charge is 2.16. The Kier molecular flexibility index (Phi) is 5.59. The molecule has 0 aliphatic carbocycles. The molecule has 2 aromatic carbocycles. The van der Waals surface area contributed by atoms with E-state index in [1.807, 2.05) is 18.2 Å². The minimum atomic E-state index is -4.21. The minimum Gasteiger partial charge on any atom is -0.282 e. The summed E-state index contributed by atoms with van der Waals surface area (Å²) in [6.45, 7) is 4.23. The van der Waals surface area contributed by atoms with Gasteiger partial charge in [0, 0.05) is 5.39 Å². The van der Waals surface area contributed by atoms with Crippen molar-refractivity contribution in [1.82, 2.24) is 0 Å². The van der Waals surface area contributed by atoms with E-state index in [0.717, 1.165) is 55.0 Å². The second kappa shape index (κ2) is 7.25. The van der Waals surface area contributed by atoms with Gasteiger partial charge in [-0.15, -0.1) is 0 Å². The molecule has 0 bridgehead atoms. The van der Waals surface area contributed by atoms with Crippen LogP contribution in [0.2, 0.25) is 0 Å². The molecule has 3 nitrogen and oxygen atoms in total. The number of aryl methyl sites for hydroxylation is 2. The van der Waals surface area contributed by atoms with E-state index in [1.165, 1.54) is 0 Å². The Hall–Kier alpha value is -1.39. The van der Waals surface area contributed by atoms with Gasteiger partial charge in [-0.2, -0.15) is 8.42 Å². The molecule has 0 spiro atoms. The van der Waals surface area contributed by atoms with Gasteiger partial charge in [0.1, 0.15) is 4.90 Å². The fraction of sp³-hybridized carbons (Fsp3) is 0.444. The zero-order valence-corrected chi connectivity index (χ0v) is 14.1. The van der Waals surface area contributed by atoms with Crippen LogP contribution in [0.25, 0.3) is 10.8 Å².